The molecule has 1 amide bonds. The lowest BCUT2D eigenvalue weighted by atomic mass is 10.3. The largest absolute Gasteiger partial charge is 0.497 e. The zero-order chi connectivity index (χ0) is 21.2. The number of ether oxygens (including phenoxy) is 1. The lowest BCUT2D eigenvalue weighted by Gasteiger charge is -2.12. The smallest absolute Gasteiger partial charge is 0.246 e. The Morgan fingerprint density at radius 3 is 2.48 bits per heavy atom. The molecular weight excluding hydrogens is 482 g/mol. The topological polar surface area (TPSA) is 90.3 Å². The molecule has 0 aliphatic heterocycles. The molecule has 29 heavy (non-hydrogen) atoms. The van der Waals surface area contributed by atoms with E-state index < -0.39 is 9.84 Å². The summed E-state index contributed by atoms with van der Waals surface area (Å²) in [6.45, 7) is 1.81. The third kappa shape index (κ3) is 4.80. The van der Waals surface area contributed by atoms with Gasteiger partial charge < -0.3 is 10.1 Å². The van der Waals surface area contributed by atoms with Crippen LogP contribution in [0.3, 0.4) is 0 Å². The van der Waals surface area contributed by atoms with Gasteiger partial charge in [-0.2, -0.15) is 5.10 Å². The van der Waals surface area contributed by atoms with E-state index in [1.165, 1.54) is 48.2 Å². The Labute approximate surface area is 181 Å². The van der Waals surface area contributed by atoms with Crippen molar-refractivity contribution in [1.82, 2.24) is 9.78 Å². The van der Waals surface area contributed by atoms with Gasteiger partial charge in [0, 0.05) is 16.8 Å². The van der Waals surface area contributed by atoms with Gasteiger partial charge in [0.15, 0.2) is 0 Å². The van der Waals surface area contributed by atoms with Gasteiger partial charge in [-0.15, -0.1) is 0 Å². The summed E-state index contributed by atoms with van der Waals surface area (Å²) in [7, 11) is -2.40. The van der Waals surface area contributed by atoms with E-state index in [0.29, 0.717) is 16.5 Å². The van der Waals surface area contributed by atoms with Crippen molar-refractivity contribution in [2.75, 3.05) is 12.4 Å². The second-order valence-corrected chi connectivity index (χ2v) is 9.38. The number of carbonyl (C=O) groups excluding carboxylic acids is 1. The summed E-state index contributed by atoms with van der Waals surface area (Å²) in [5, 5.41) is 7.24. The van der Waals surface area contributed by atoms with E-state index in [9.17, 15) is 13.2 Å². The average Bonchev–Trinajstić information content (AvgIpc) is 3.00. The number of nitrogens with one attached hydrogen (secondary N) is 1. The molecule has 0 saturated carbocycles. The van der Waals surface area contributed by atoms with Crippen LogP contribution in [0.2, 0.25) is 5.02 Å². The van der Waals surface area contributed by atoms with Crippen LogP contribution in [0.5, 0.6) is 5.75 Å². The van der Waals surface area contributed by atoms with Crippen LogP contribution in [0.1, 0.15) is 5.69 Å². The van der Waals surface area contributed by atoms with Gasteiger partial charge in [0.05, 0.1) is 33.3 Å². The van der Waals surface area contributed by atoms with Crippen molar-refractivity contribution in [2.45, 2.75) is 23.3 Å². The summed E-state index contributed by atoms with van der Waals surface area (Å²) in [5.41, 5.74) is 1.10. The fraction of sp³-hybridized carbons (Fsp3) is 0.158. The van der Waals surface area contributed by atoms with Crippen LogP contribution < -0.4 is 10.1 Å². The average molecular weight is 499 g/mol. The number of nitrogens with zero attached hydrogens (tertiary/aromatic N) is 2. The van der Waals surface area contributed by atoms with Crippen LogP contribution in [0.25, 0.3) is 0 Å². The first-order valence-corrected chi connectivity index (χ1v) is 11.0. The SMILES string of the molecule is COc1cc(NC(=O)Cn2ncc(Br)c2C)cc(S(=O)(=O)c2ccc(Cl)cc2)c1. The van der Waals surface area contributed by atoms with Crippen molar-refractivity contribution in [3.63, 3.8) is 0 Å². The summed E-state index contributed by atoms with van der Waals surface area (Å²) in [6, 6.07) is 10.2. The quantitative estimate of drug-likeness (QED) is 0.553. The Morgan fingerprint density at radius 2 is 1.90 bits per heavy atom. The van der Waals surface area contributed by atoms with Crippen molar-refractivity contribution in [3.8, 4) is 5.75 Å². The molecule has 7 nitrogen and oxygen atoms in total. The normalized spacial score (nSPS) is 11.3. The summed E-state index contributed by atoms with van der Waals surface area (Å²) >= 11 is 9.19. The van der Waals surface area contributed by atoms with Crippen molar-refractivity contribution in [3.05, 3.63) is 63.9 Å². The summed E-state index contributed by atoms with van der Waals surface area (Å²) in [6.07, 6.45) is 1.60. The van der Waals surface area contributed by atoms with Gasteiger partial charge in [0.25, 0.3) is 0 Å². The number of hydrogen-bond acceptors (Lipinski definition) is 5. The number of benzene rings is 2. The van der Waals surface area contributed by atoms with Crippen LogP contribution in [0, 0.1) is 6.92 Å². The van der Waals surface area contributed by atoms with Crippen LogP contribution in [0.15, 0.2) is 62.9 Å². The van der Waals surface area contributed by atoms with Crippen LogP contribution >= 0.6 is 27.5 Å². The minimum atomic E-state index is -3.82. The lowest BCUT2D eigenvalue weighted by molar-refractivity contribution is -0.116. The monoisotopic (exact) mass is 497 g/mol. The second kappa shape index (κ2) is 8.56. The Morgan fingerprint density at radius 1 is 1.21 bits per heavy atom. The molecule has 0 aliphatic rings. The molecule has 1 N–H and O–H groups in total. The maximum atomic E-state index is 13.0. The highest BCUT2D eigenvalue weighted by molar-refractivity contribution is 9.10. The number of methoxy groups -OCH3 is 1. The van der Waals surface area contributed by atoms with Crippen molar-refractivity contribution >= 4 is 49.0 Å². The van der Waals surface area contributed by atoms with E-state index in [4.69, 9.17) is 16.3 Å². The molecule has 0 spiro atoms. The van der Waals surface area contributed by atoms with Crippen molar-refractivity contribution in [2.24, 2.45) is 0 Å². The predicted octanol–water partition coefficient (Wildman–Crippen LogP) is 4.09. The van der Waals surface area contributed by atoms with Crippen molar-refractivity contribution in [1.29, 1.82) is 0 Å². The highest BCUT2D eigenvalue weighted by atomic mass is 79.9. The van der Waals surface area contributed by atoms with E-state index in [1.54, 1.807) is 12.3 Å². The molecule has 1 aromatic heterocycles. The lowest BCUT2D eigenvalue weighted by Crippen LogP contribution is -2.20. The Kier molecular flexibility index (Phi) is 6.30. The molecule has 0 aliphatic carbocycles. The van der Waals surface area contributed by atoms with Gasteiger partial charge in [-0.3, -0.25) is 9.48 Å². The number of anilines is 1. The number of carbonyl (C=O) groups is 1. The first-order chi connectivity index (χ1) is 13.7. The minimum absolute atomic E-state index is 0.00696. The molecule has 3 aromatic rings. The molecule has 0 unspecified atom stereocenters. The second-order valence-electron chi connectivity index (χ2n) is 6.14. The number of rotatable bonds is 6. The third-order valence-electron chi connectivity index (χ3n) is 4.17. The molecular formula is C19H17BrClN3O4S. The molecule has 152 valence electrons. The highest BCUT2D eigenvalue weighted by Gasteiger charge is 2.20. The fourth-order valence-electron chi connectivity index (χ4n) is 2.59. The van der Waals surface area contributed by atoms with E-state index >= 15 is 0 Å². The highest BCUT2D eigenvalue weighted by Crippen LogP contribution is 2.29. The molecule has 3 rings (SSSR count). The van der Waals surface area contributed by atoms with Gasteiger partial charge in [-0.1, -0.05) is 11.6 Å². The first kappa shape index (κ1) is 21.4. The minimum Gasteiger partial charge on any atom is -0.497 e. The Balaban J connectivity index is 1.89. The standard InChI is InChI=1S/C19H17BrClN3O4S/c1-12-18(20)10-22-24(12)11-19(25)23-14-7-15(28-2)9-17(8-14)29(26,27)16-5-3-13(21)4-6-16/h3-10H,11H2,1-2H3,(H,23,25). The Bertz CT molecular complexity index is 1160. The zero-order valence-corrected chi connectivity index (χ0v) is 18.7. The van der Waals surface area contributed by atoms with Crippen LogP contribution in [-0.2, 0) is 21.2 Å². The molecule has 0 saturated heterocycles. The summed E-state index contributed by atoms with van der Waals surface area (Å²) in [5.74, 6) is -0.0554. The van der Waals surface area contributed by atoms with Gasteiger partial charge in [-0.25, -0.2) is 8.42 Å². The summed E-state index contributed by atoms with van der Waals surface area (Å²) in [4.78, 5) is 12.5. The van der Waals surface area contributed by atoms with Crippen LogP contribution in [0.4, 0.5) is 5.69 Å². The number of hydrogen-bond donors (Lipinski definition) is 1. The third-order valence-corrected chi connectivity index (χ3v) is 6.95. The van der Waals surface area contributed by atoms with Crippen LogP contribution in [-0.4, -0.2) is 31.2 Å². The molecule has 0 radical (unpaired) electrons. The number of sulfone groups is 1. The first-order valence-electron chi connectivity index (χ1n) is 8.38. The van der Waals surface area contributed by atoms with Gasteiger partial charge >= 0.3 is 0 Å². The van der Waals surface area contributed by atoms with E-state index in [0.717, 1.165) is 10.2 Å². The molecule has 0 bridgehead atoms. The zero-order valence-electron chi connectivity index (χ0n) is 15.5. The Hall–Kier alpha value is -2.36. The number of aromatic nitrogens is 2. The maximum absolute atomic E-state index is 13.0. The van der Waals surface area contributed by atoms with Gasteiger partial charge in [0.2, 0.25) is 15.7 Å². The molecule has 1 heterocycles. The number of halogens is 2. The summed E-state index contributed by atoms with van der Waals surface area (Å²) < 4.78 is 33.5. The van der Waals surface area contributed by atoms with E-state index in [1.807, 2.05) is 6.92 Å². The predicted molar refractivity (Wildman–Crippen MR) is 113 cm³/mol. The molecule has 0 fully saturated rings. The maximum Gasteiger partial charge on any atom is 0.246 e. The molecule has 10 heteroatoms. The number of amides is 1. The molecule has 2 aromatic carbocycles. The van der Waals surface area contributed by atoms with Gasteiger partial charge in [-0.05, 0) is 59.3 Å². The fourth-order valence-corrected chi connectivity index (χ4v) is 4.33. The van der Waals surface area contributed by atoms with E-state index in [2.05, 4.69) is 26.3 Å². The van der Waals surface area contributed by atoms with E-state index in [-0.39, 0.29) is 22.2 Å². The van der Waals surface area contributed by atoms with Crippen molar-refractivity contribution < 1.29 is 17.9 Å². The van der Waals surface area contributed by atoms with Gasteiger partial charge in [0.1, 0.15) is 12.3 Å². The molecule has 0 atom stereocenters.